The summed E-state index contributed by atoms with van der Waals surface area (Å²) in [5.74, 6) is 0.407. The van der Waals surface area contributed by atoms with Crippen LogP contribution in [0.15, 0.2) is 11.3 Å². The molecule has 12 heavy (non-hydrogen) atoms. The average molecular weight is 170 g/mol. The van der Waals surface area contributed by atoms with E-state index in [0.717, 1.165) is 0 Å². The third kappa shape index (κ3) is 1.60. The topological polar surface area (TPSA) is 35.5 Å². The van der Waals surface area contributed by atoms with Crippen LogP contribution in [0.4, 0.5) is 0 Å². The van der Waals surface area contributed by atoms with Gasteiger partial charge in [-0.25, -0.2) is 4.79 Å². The van der Waals surface area contributed by atoms with Crippen LogP contribution in [0.3, 0.4) is 0 Å². The number of methoxy groups -OCH3 is 1. The van der Waals surface area contributed by atoms with E-state index in [0.29, 0.717) is 17.8 Å². The van der Waals surface area contributed by atoms with E-state index >= 15 is 0 Å². The van der Waals surface area contributed by atoms with Crippen LogP contribution in [-0.4, -0.2) is 18.7 Å². The highest BCUT2D eigenvalue weighted by molar-refractivity contribution is 5.89. The first-order valence-corrected chi connectivity index (χ1v) is 3.93. The Balaban J connectivity index is 2.80. The Bertz CT molecular complexity index is 238. The zero-order valence-electron chi connectivity index (χ0n) is 7.93. The van der Waals surface area contributed by atoms with Crippen molar-refractivity contribution < 1.29 is 14.3 Å². The van der Waals surface area contributed by atoms with E-state index in [1.807, 2.05) is 13.8 Å². The first-order chi connectivity index (χ1) is 5.46. The summed E-state index contributed by atoms with van der Waals surface area (Å²) in [6.45, 7) is 5.69. The van der Waals surface area contributed by atoms with Gasteiger partial charge < -0.3 is 9.47 Å². The molecule has 0 saturated carbocycles. The molecule has 0 unspecified atom stereocenters. The number of allylic oxidation sites excluding steroid dienone is 1. The van der Waals surface area contributed by atoms with Gasteiger partial charge in [-0.3, -0.25) is 0 Å². The maximum atomic E-state index is 11.2. The summed E-state index contributed by atoms with van der Waals surface area (Å²) in [4.78, 5) is 11.2. The Morgan fingerprint density at radius 3 is 2.50 bits per heavy atom. The van der Waals surface area contributed by atoms with Crippen LogP contribution in [0, 0.1) is 0 Å². The van der Waals surface area contributed by atoms with E-state index in [9.17, 15) is 4.79 Å². The second-order valence-corrected chi connectivity index (χ2v) is 3.56. The van der Waals surface area contributed by atoms with Gasteiger partial charge >= 0.3 is 5.97 Å². The average Bonchev–Trinajstić information content (AvgIpc) is 2.23. The van der Waals surface area contributed by atoms with Gasteiger partial charge in [0, 0.05) is 6.42 Å². The normalized spacial score (nSPS) is 20.7. The zero-order valence-corrected chi connectivity index (χ0v) is 7.93. The van der Waals surface area contributed by atoms with E-state index in [1.54, 1.807) is 6.92 Å². The number of esters is 1. The maximum Gasteiger partial charge on any atom is 0.337 e. The van der Waals surface area contributed by atoms with Crippen LogP contribution in [-0.2, 0) is 14.3 Å². The highest BCUT2D eigenvalue weighted by Crippen LogP contribution is 2.33. The molecular formula is C9H14O3. The molecule has 0 amide bonds. The van der Waals surface area contributed by atoms with Crippen LogP contribution < -0.4 is 0 Å². The van der Waals surface area contributed by atoms with Crippen molar-refractivity contribution in [3.63, 3.8) is 0 Å². The number of ether oxygens (including phenoxy) is 2. The summed E-state index contributed by atoms with van der Waals surface area (Å²) in [6.07, 6.45) is 0.630. The van der Waals surface area contributed by atoms with Gasteiger partial charge in [0.25, 0.3) is 0 Å². The molecule has 0 fully saturated rings. The predicted molar refractivity (Wildman–Crippen MR) is 44.5 cm³/mol. The fourth-order valence-corrected chi connectivity index (χ4v) is 1.40. The Morgan fingerprint density at radius 2 is 2.17 bits per heavy atom. The molecule has 0 radical (unpaired) electrons. The fourth-order valence-electron chi connectivity index (χ4n) is 1.40. The molecule has 1 rings (SSSR count). The lowest BCUT2D eigenvalue weighted by atomic mass is 10.0. The number of hydrogen-bond acceptors (Lipinski definition) is 3. The standard InChI is InChI=1S/C9H14O3/c1-6-7(8(10)11-4)5-9(2,3)12-6/h5H2,1-4H3. The highest BCUT2D eigenvalue weighted by atomic mass is 16.5. The predicted octanol–water partition coefficient (Wildman–Crippen LogP) is 1.63. The number of rotatable bonds is 1. The van der Waals surface area contributed by atoms with Gasteiger partial charge in [-0.15, -0.1) is 0 Å². The third-order valence-corrected chi connectivity index (χ3v) is 1.89. The van der Waals surface area contributed by atoms with Crippen LogP contribution in [0.1, 0.15) is 27.2 Å². The zero-order chi connectivity index (χ0) is 9.35. The van der Waals surface area contributed by atoms with Crippen molar-refractivity contribution >= 4 is 5.97 Å². The van der Waals surface area contributed by atoms with Gasteiger partial charge in [0.2, 0.25) is 0 Å². The van der Waals surface area contributed by atoms with Gasteiger partial charge in [0.05, 0.1) is 12.7 Å². The minimum absolute atomic E-state index is 0.256. The summed E-state index contributed by atoms with van der Waals surface area (Å²) in [6, 6.07) is 0. The fraction of sp³-hybridized carbons (Fsp3) is 0.667. The third-order valence-electron chi connectivity index (χ3n) is 1.89. The smallest absolute Gasteiger partial charge is 0.337 e. The van der Waals surface area contributed by atoms with Crippen molar-refractivity contribution in [3.8, 4) is 0 Å². The number of carbonyl (C=O) groups is 1. The van der Waals surface area contributed by atoms with Crippen LogP contribution in [0.25, 0.3) is 0 Å². The lowest BCUT2D eigenvalue weighted by molar-refractivity contribution is -0.136. The van der Waals surface area contributed by atoms with E-state index in [1.165, 1.54) is 7.11 Å². The quantitative estimate of drug-likeness (QED) is 0.561. The molecule has 0 aromatic rings. The molecule has 0 aliphatic carbocycles. The molecule has 1 aliphatic heterocycles. The van der Waals surface area contributed by atoms with E-state index < -0.39 is 0 Å². The van der Waals surface area contributed by atoms with Crippen molar-refractivity contribution in [1.82, 2.24) is 0 Å². The molecular weight excluding hydrogens is 156 g/mol. The molecule has 0 bridgehead atoms. The van der Waals surface area contributed by atoms with E-state index in [4.69, 9.17) is 4.74 Å². The van der Waals surface area contributed by atoms with E-state index in [-0.39, 0.29) is 11.6 Å². The molecule has 0 N–H and O–H groups in total. The summed E-state index contributed by atoms with van der Waals surface area (Å²) >= 11 is 0. The molecule has 68 valence electrons. The van der Waals surface area contributed by atoms with Crippen LogP contribution >= 0.6 is 0 Å². The van der Waals surface area contributed by atoms with Crippen LogP contribution in [0.5, 0.6) is 0 Å². The van der Waals surface area contributed by atoms with Crippen molar-refractivity contribution in [1.29, 1.82) is 0 Å². The van der Waals surface area contributed by atoms with Crippen LogP contribution in [0.2, 0.25) is 0 Å². The van der Waals surface area contributed by atoms with Crippen molar-refractivity contribution in [2.75, 3.05) is 7.11 Å². The van der Waals surface area contributed by atoms with E-state index in [2.05, 4.69) is 4.74 Å². The first kappa shape index (κ1) is 9.10. The van der Waals surface area contributed by atoms with Crippen molar-refractivity contribution in [2.45, 2.75) is 32.8 Å². The second kappa shape index (κ2) is 2.81. The highest BCUT2D eigenvalue weighted by Gasteiger charge is 2.34. The van der Waals surface area contributed by atoms with Gasteiger partial charge in [0.1, 0.15) is 11.4 Å². The molecule has 0 aromatic carbocycles. The Hall–Kier alpha value is -0.990. The largest absolute Gasteiger partial charge is 0.492 e. The monoisotopic (exact) mass is 170 g/mol. The lowest BCUT2D eigenvalue weighted by Gasteiger charge is -2.17. The minimum Gasteiger partial charge on any atom is -0.492 e. The SMILES string of the molecule is COC(=O)C1=C(C)OC(C)(C)C1. The van der Waals surface area contributed by atoms with Gasteiger partial charge in [-0.2, -0.15) is 0 Å². The Labute approximate surface area is 72.4 Å². The first-order valence-electron chi connectivity index (χ1n) is 3.93. The molecule has 0 aromatic heterocycles. The summed E-state index contributed by atoms with van der Waals surface area (Å²) in [7, 11) is 1.38. The van der Waals surface area contributed by atoms with Gasteiger partial charge in [0.15, 0.2) is 0 Å². The molecule has 1 aliphatic rings. The Kier molecular flexibility index (Phi) is 2.13. The molecule has 1 heterocycles. The molecule has 0 atom stereocenters. The summed E-state index contributed by atoms with van der Waals surface area (Å²) < 4.78 is 10.1. The summed E-state index contributed by atoms with van der Waals surface area (Å²) in [5, 5.41) is 0. The Morgan fingerprint density at radius 1 is 1.58 bits per heavy atom. The number of carbonyl (C=O) groups excluding carboxylic acids is 1. The molecule has 3 heteroatoms. The molecule has 0 saturated heterocycles. The minimum atomic E-state index is -0.280. The van der Waals surface area contributed by atoms with Crippen molar-refractivity contribution in [2.24, 2.45) is 0 Å². The molecule has 0 spiro atoms. The second-order valence-electron chi connectivity index (χ2n) is 3.56. The molecule has 3 nitrogen and oxygen atoms in total. The number of hydrogen-bond donors (Lipinski definition) is 0. The summed E-state index contributed by atoms with van der Waals surface area (Å²) in [5.41, 5.74) is 0.399. The lowest BCUT2D eigenvalue weighted by Crippen LogP contribution is -2.18. The maximum absolute atomic E-state index is 11.2. The van der Waals surface area contributed by atoms with Gasteiger partial charge in [-0.05, 0) is 20.8 Å². The van der Waals surface area contributed by atoms with Gasteiger partial charge in [-0.1, -0.05) is 0 Å². The van der Waals surface area contributed by atoms with Crippen molar-refractivity contribution in [3.05, 3.63) is 11.3 Å².